The second kappa shape index (κ2) is 7.47. The Balaban J connectivity index is 1.64. The zero-order valence-electron chi connectivity index (χ0n) is 13.3. The third-order valence-electron chi connectivity index (χ3n) is 4.74. The Labute approximate surface area is 137 Å². The van der Waals surface area contributed by atoms with Gasteiger partial charge < -0.3 is 4.90 Å². The molecule has 5 heteroatoms. The summed E-state index contributed by atoms with van der Waals surface area (Å²) in [6.45, 7) is 3.95. The van der Waals surface area contributed by atoms with E-state index in [0.29, 0.717) is 24.3 Å². The van der Waals surface area contributed by atoms with Crippen molar-refractivity contribution in [2.75, 3.05) is 31.6 Å². The van der Waals surface area contributed by atoms with Crippen molar-refractivity contribution in [3.8, 4) is 0 Å². The van der Waals surface area contributed by atoms with Crippen LogP contribution in [0.25, 0.3) is 0 Å². The monoisotopic (exact) mass is 319 g/mol. The van der Waals surface area contributed by atoms with Gasteiger partial charge in [-0.1, -0.05) is 6.07 Å². The van der Waals surface area contributed by atoms with Gasteiger partial charge in [0, 0.05) is 50.6 Å². The van der Waals surface area contributed by atoms with E-state index in [1.54, 1.807) is 11.8 Å². The number of carbonyl (C=O) groups is 1. The number of aromatic nitrogens is 1. The largest absolute Gasteiger partial charge is 0.338 e. The average Bonchev–Trinajstić information content (AvgIpc) is 2.84. The molecule has 2 bridgehead atoms. The van der Waals surface area contributed by atoms with Crippen LogP contribution in [0.15, 0.2) is 24.4 Å². The van der Waals surface area contributed by atoms with Crippen molar-refractivity contribution in [1.82, 2.24) is 14.8 Å². The summed E-state index contributed by atoms with van der Waals surface area (Å²) in [6.07, 6.45) is 7.03. The molecule has 0 spiro atoms. The van der Waals surface area contributed by atoms with Gasteiger partial charge in [0.05, 0.1) is 5.69 Å². The molecule has 3 aliphatic heterocycles. The van der Waals surface area contributed by atoms with Gasteiger partial charge >= 0.3 is 0 Å². The summed E-state index contributed by atoms with van der Waals surface area (Å²) >= 11 is 1.76. The standard InChI is InChI=1S/C17H25N3OS/c1-22-9-7-17(21)20-11-14-5-6-16(20)13-19(10-14)12-15-4-2-3-8-18-15/h2-4,8,14,16H,5-7,9-13H2,1H3/t14-,16+/m1/s1. The Morgan fingerprint density at radius 3 is 3.00 bits per heavy atom. The lowest BCUT2D eigenvalue weighted by Gasteiger charge is -2.36. The van der Waals surface area contributed by atoms with Gasteiger partial charge in [-0.2, -0.15) is 11.8 Å². The molecule has 0 N–H and O–H groups in total. The minimum atomic E-state index is 0.351. The lowest BCUT2D eigenvalue weighted by atomic mass is 9.95. The quantitative estimate of drug-likeness (QED) is 0.834. The third kappa shape index (κ3) is 3.82. The van der Waals surface area contributed by atoms with Crippen LogP contribution in [0, 0.1) is 5.92 Å². The SMILES string of the molecule is CSCCC(=O)N1C[C@@H]2CC[C@H]1CN(Cc1ccccn1)C2. The maximum Gasteiger partial charge on any atom is 0.223 e. The molecule has 3 aliphatic rings. The highest BCUT2D eigenvalue weighted by molar-refractivity contribution is 7.98. The molecule has 1 aromatic rings. The Hall–Kier alpha value is -1.07. The molecule has 3 fully saturated rings. The van der Waals surface area contributed by atoms with Gasteiger partial charge in [-0.25, -0.2) is 0 Å². The second-order valence-corrected chi connectivity index (χ2v) is 7.39. The van der Waals surface area contributed by atoms with E-state index >= 15 is 0 Å². The van der Waals surface area contributed by atoms with Crippen molar-refractivity contribution in [1.29, 1.82) is 0 Å². The Bertz CT molecular complexity index is 496. The highest BCUT2D eigenvalue weighted by atomic mass is 32.2. The maximum absolute atomic E-state index is 12.4. The molecule has 0 radical (unpaired) electrons. The first-order valence-corrected chi connectivity index (χ1v) is 9.56. The maximum atomic E-state index is 12.4. The molecule has 0 aliphatic carbocycles. The number of pyridine rings is 1. The molecule has 1 amide bonds. The van der Waals surface area contributed by atoms with E-state index in [2.05, 4.69) is 27.1 Å². The van der Waals surface area contributed by atoms with Crippen LogP contribution in [-0.2, 0) is 11.3 Å². The molecule has 22 heavy (non-hydrogen) atoms. The lowest BCUT2D eigenvalue weighted by Crippen LogP contribution is -2.47. The highest BCUT2D eigenvalue weighted by Gasteiger charge is 2.36. The molecule has 0 saturated carbocycles. The van der Waals surface area contributed by atoms with Crippen LogP contribution >= 0.6 is 11.8 Å². The number of nitrogens with zero attached hydrogens (tertiary/aromatic N) is 3. The van der Waals surface area contributed by atoms with E-state index in [0.717, 1.165) is 44.0 Å². The van der Waals surface area contributed by atoms with E-state index in [9.17, 15) is 4.79 Å². The Morgan fingerprint density at radius 1 is 1.32 bits per heavy atom. The molecule has 2 atom stereocenters. The number of amides is 1. The molecule has 3 saturated heterocycles. The number of hydrogen-bond acceptors (Lipinski definition) is 4. The summed E-state index contributed by atoms with van der Waals surface area (Å²) in [6, 6.07) is 6.50. The number of rotatable bonds is 5. The van der Waals surface area contributed by atoms with Crippen molar-refractivity contribution in [2.24, 2.45) is 5.92 Å². The summed E-state index contributed by atoms with van der Waals surface area (Å²) in [7, 11) is 0. The minimum absolute atomic E-state index is 0.351. The predicted molar refractivity (Wildman–Crippen MR) is 90.7 cm³/mol. The molecule has 4 rings (SSSR count). The van der Waals surface area contributed by atoms with Crippen LogP contribution in [0.3, 0.4) is 0 Å². The number of thioether (sulfide) groups is 1. The van der Waals surface area contributed by atoms with Gasteiger partial charge in [0.2, 0.25) is 5.91 Å². The lowest BCUT2D eigenvalue weighted by molar-refractivity contribution is -0.134. The van der Waals surface area contributed by atoms with E-state index in [4.69, 9.17) is 0 Å². The summed E-state index contributed by atoms with van der Waals surface area (Å²) in [5, 5.41) is 0. The molecule has 0 unspecified atom stereocenters. The van der Waals surface area contributed by atoms with Crippen molar-refractivity contribution >= 4 is 17.7 Å². The summed E-state index contributed by atoms with van der Waals surface area (Å²) in [4.78, 5) is 21.6. The predicted octanol–water partition coefficient (Wildman–Crippen LogP) is 2.26. The minimum Gasteiger partial charge on any atom is -0.338 e. The topological polar surface area (TPSA) is 36.4 Å². The van der Waals surface area contributed by atoms with Crippen molar-refractivity contribution in [3.63, 3.8) is 0 Å². The third-order valence-corrected chi connectivity index (χ3v) is 5.35. The van der Waals surface area contributed by atoms with Crippen LogP contribution in [0.2, 0.25) is 0 Å². The first-order valence-electron chi connectivity index (χ1n) is 8.17. The van der Waals surface area contributed by atoms with E-state index in [1.807, 2.05) is 18.3 Å². The molecular formula is C17H25N3OS. The van der Waals surface area contributed by atoms with Crippen LogP contribution in [0.1, 0.15) is 25.0 Å². The molecule has 4 heterocycles. The summed E-state index contributed by atoms with van der Waals surface area (Å²) < 4.78 is 0. The van der Waals surface area contributed by atoms with Gasteiger partial charge in [-0.05, 0) is 37.1 Å². The van der Waals surface area contributed by atoms with Gasteiger partial charge in [0.1, 0.15) is 0 Å². The van der Waals surface area contributed by atoms with Crippen LogP contribution in [0.5, 0.6) is 0 Å². The normalized spacial score (nSPS) is 25.2. The number of carbonyl (C=O) groups excluding carboxylic acids is 1. The van der Waals surface area contributed by atoms with E-state index in [-0.39, 0.29) is 0 Å². The van der Waals surface area contributed by atoms with Crippen molar-refractivity contribution in [3.05, 3.63) is 30.1 Å². The molecule has 1 aromatic heterocycles. The van der Waals surface area contributed by atoms with Gasteiger partial charge in [-0.3, -0.25) is 14.7 Å². The first kappa shape index (κ1) is 15.8. The fourth-order valence-corrected chi connectivity index (χ4v) is 4.05. The molecule has 120 valence electrons. The zero-order chi connectivity index (χ0) is 15.4. The van der Waals surface area contributed by atoms with Crippen molar-refractivity contribution in [2.45, 2.75) is 31.8 Å². The van der Waals surface area contributed by atoms with E-state index in [1.165, 1.54) is 6.42 Å². The fraction of sp³-hybridized carbons (Fsp3) is 0.647. The van der Waals surface area contributed by atoms with Crippen LogP contribution < -0.4 is 0 Å². The van der Waals surface area contributed by atoms with Gasteiger partial charge in [0.25, 0.3) is 0 Å². The second-order valence-electron chi connectivity index (χ2n) is 6.40. The number of fused-ring (bicyclic) bond motifs is 4. The smallest absolute Gasteiger partial charge is 0.223 e. The Morgan fingerprint density at radius 2 is 2.23 bits per heavy atom. The number of hydrogen-bond donors (Lipinski definition) is 0. The molecular weight excluding hydrogens is 294 g/mol. The Kier molecular flexibility index (Phi) is 5.37. The van der Waals surface area contributed by atoms with Crippen molar-refractivity contribution < 1.29 is 4.79 Å². The van der Waals surface area contributed by atoms with Crippen LogP contribution in [0.4, 0.5) is 0 Å². The zero-order valence-corrected chi connectivity index (χ0v) is 14.1. The fourth-order valence-electron chi connectivity index (χ4n) is 3.67. The van der Waals surface area contributed by atoms with E-state index < -0.39 is 0 Å². The summed E-state index contributed by atoms with van der Waals surface area (Å²) in [5.74, 6) is 1.91. The highest BCUT2D eigenvalue weighted by Crippen LogP contribution is 2.29. The molecule has 4 nitrogen and oxygen atoms in total. The first-order chi connectivity index (χ1) is 10.8. The number of piperidine rings is 1. The van der Waals surface area contributed by atoms with Gasteiger partial charge in [0.15, 0.2) is 0 Å². The molecule has 0 aromatic carbocycles. The average molecular weight is 319 g/mol. The van der Waals surface area contributed by atoms with Gasteiger partial charge in [-0.15, -0.1) is 0 Å². The van der Waals surface area contributed by atoms with Crippen LogP contribution in [-0.4, -0.2) is 58.4 Å². The summed E-state index contributed by atoms with van der Waals surface area (Å²) in [5.41, 5.74) is 1.13.